The maximum atomic E-state index is 11.7. The maximum Gasteiger partial charge on any atom is 0.319 e. The standard InChI is InChI=1S/C12H13N3O2/c1-8-3-6-15-9(7-8)13-10(14-15)12(4-5-12)11(16)17-2/h3,6-7H,4-5H2,1-2H3. The van der Waals surface area contributed by atoms with Gasteiger partial charge in [0.05, 0.1) is 7.11 Å². The van der Waals surface area contributed by atoms with Gasteiger partial charge in [0, 0.05) is 6.20 Å². The van der Waals surface area contributed by atoms with Gasteiger partial charge in [-0.3, -0.25) is 4.79 Å². The molecule has 2 aromatic heterocycles. The second kappa shape index (κ2) is 3.29. The molecule has 0 radical (unpaired) electrons. The predicted molar refractivity (Wildman–Crippen MR) is 60.7 cm³/mol. The Morgan fingerprint density at radius 2 is 2.29 bits per heavy atom. The first kappa shape index (κ1) is 10.3. The number of methoxy groups -OCH3 is 1. The number of fused-ring (bicyclic) bond motifs is 1. The van der Waals surface area contributed by atoms with Crippen LogP contribution in [0.2, 0.25) is 0 Å². The Bertz CT molecular complexity index is 599. The SMILES string of the molecule is COC(=O)C1(c2nc3cc(C)ccn3n2)CC1. The molecule has 0 amide bonds. The van der Waals surface area contributed by atoms with Crippen LogP contribution >= 0.6 is 0 Å². The first-order valence-electron chi connectivity index (χ1n) is 5.58. The number of aromatic nitrogens is 3. The van der Waals surface area contributed by atoms with Gasteiger partial charge in [-0.1, -0.05) is 0 Å². The predicted octanol–water partition coefficient (Wildman–Crippen LogP) is 1.24. The number of esters is 1. The molecule has 17 heavy (non-hydrogen) atoms. The lowest BCUT2D eigenvalue weighted by atomic mass is 10.1. The molecule has 2 heterocycles. The van der Waals surface area contributed by atoms with Gasteiger partial charge in [0.1, 0.15) is 5.41 Å². The molecule has 5 heteroatoms. The van der Waals surface area contributed by atoms with E-state index in [1.807, 2.05) is 25.3 Å². The van der Waals surface area contributed by atoms with E-state index in [1.54, 1.807) is 4.52 Å². The van der Waals surface area contributed by atoms with Crippen LogP contribution in [0, 0.1) is 6.92 Å². The minimum absolute atomic E-state index is 0.231. The summed E-state index contributed by atoms with van der Waals surface area (Å²) < 4.78 is 6.52. The van der Waals surface area contributed by atoms with Crippen LogP contribution < -0.4 is 0 Å². The highest BCUT2D eigenvalue weighted by Crippen LogP contribution is 2.47. The topological polar surface area (TPSA) is 56.5 Å². The molecule has 0 saturated heterocycles. The first-order valence-corrected chi connectivity index (χ1v) is 5.58. The van der Waals surface area contributed by atoms with Gasteiger partial charge in [-0.05, 0) is 37.5 Å². The van der Waals surface area contributed by atoms with Crippen LogP contribution in [-0.2, 0) is 14.9 Å². The molecular weight excluding hydrogens is 218 g/mol. The number of aryl methyl sites for hydroxylation is 1. The van der Waals surface area contributed by atoms with Crippen LogP contribution in [0.5, 0.6) is 0 Å². The summed E-state index contributed by atoms with van der Waals surface area (Å²) in [6, 6.07) is 3.91. The zero-order valence-corrected chi connectivity index (χ0v) is 9.80. The van der Waals surface area contributed by atoms with E-state index in [0.29, 0.717) is 5.82 Å². The van der Waals surface area contributed by atoms with Crippen LogP contribution in [0.15, 0.2) is 18.3 Å². The monoisotopic (exact) mass is 231 g/mol. The summed E-state index contributed by atoms with van der Waals surface area (Å²) in [7, 11) is 1.41. The van der Waals surface area contributed by atoms with E-state index in [4.69, 9.17) is 4.74 Å². The molecule has 0 aliphatic heterocycles. The molecule has 2 aromatic rings. The van der Waals surface area contributed by atoms with E-state index in [1.165, 1.54) is 7.11 Å². The number of carbonyl (C=O) groups is 1. The fourth-order valence-corrected chi connectivity index (χ4v) is 2.03. The summed E-state index contributed by atoms with van der Waals surface area (Å²) in [6.45, 7) is 2.00. The van der Waals surface area contributed by atoms with E-state index in [9.17, 15) is 4.79 Å². The van der Waals surface area contributed by atoms with Crippen molar-refractivity contribution in [1.29, 1.82) is 0 Å². The van der Waals surface area contributed by atoms with Gasteiger partial charge in [0.25, 0.3) is 0 Å². The molecule has 88 valence electrons. The molecule has 3 rings (SSSR count). The van der Waals surface area contributed by atoms with Crippen molar-refractivity contribution in [3.8, 4) is 0 Å². The number of rotatable bonds is 2. The second-order valence-electron chi connectivity index (χ2n) is 4.52. The van der Waals surface area contributed by atoms with Crippen molar-refractivity contribution in [2.45, 2.75) is 25.2 Å². The van der Waals surface area contributed by atoms with E-state index in [2.05, 4.69) is 10.1 Å². The van der Waals surface area contributed by atoms with E-state index >= 15 is 0 Å². The van der Waals surface area contributed by atoms with Crippen molar-refractivity contribution in [2.24, 2.45) is 0 Å². The number of nitrogens with zero attached hydrogens (tertiary/aromatic N) is 3. The Hall–Kier alpha value is -1.91. The van der Waals surface area contributed by atoms with Crippen LogP contribution in [0.4, 0.5) is 0 Å². The lowest BCUT2D eigenvalue weighted by Crippen LogP contribution is -2.23. The minimum atomic E-state index is -0.589. The lowest BCUT2D eigenvalue weighted by Gasteiger charge is -2.06. The fourth-order valence-electron chi connectivity index (χ4n) is 2.03. The minimum Gasteiger partial charge on any atom is -0.468 e. The summed E-state index contributed by atoms with van der Waals surface area (Å²) in [5.41, 5.74) is 1.31. The second-order valence-corrected chi connectivity index (χ2v) is 4.52. The third kappa shape index (κ3) is 1.42. The quantitative estimate of drug-likeness (QED) is 0.730. The van der Waals surface area contributed by atoms with Gasteiger partial charge in [-0.25, -0.2) is 9.50 Å². The van der Waals surface area contributed by atoms with Gasteiger partial charge in [-0.15, -0.1) is 0 Å². The van der Waals surface area contributed by atoms with E-state index in [-0.39, 0.29) is 5.97 Å². The number of hydrogen-bond donors (Lipinski definition) is 0. The molecular formula is C12H13N3O2. The third-order valence-corrected chi connectivity index (χ3v) is 3.25. The number of hydrogen-bond acceptors (Lipinski definition) is 4. The van der Waals surface area contributed by atoms with Crippen LogP contribution in [0.25, 0.3) is 5.65 Å². The van der Waals surface area contributed by atoms with Gasteiger partial charge in [-0.2, -0.15) is 5.10 Å². The van der Waals surface area contributed by atoms with Gasteiger partial charge in [0.15, 0.2) is 11.5 Å². The fraction of sp³-hybridized carbons (Fsp3) is 0.417. The van der Waals surface area contributed by atoms with Gasteiger partial charge < -0.3 is 4.74 Å². The van der Waals surface area contributed by atoms with E-state index < -0.39 is 5.41 Å². The summed E-state index contributed by atoms with van der Waals surface area (Å²) in [5.74, 6) is 0.347. The Kier molecular flexibility index (Phi) is 1.98. The van der Waals surface area contributed by atoms with E-state index in [0.717, 1.165) is 24.1 Å². The molecule has 0 atom stereocenters. The highest BCUT2D eigenvalue weighted by atomic mass is 16.5. The average Bonchev–Trinajstić information content (AvgIpc) is 3.03. The van der Waals surface area contributed by atoms with Crippen LogP contribution in [0.1, 0.15) is 24.2 Å². The zero-order chi connectivity index (χ0) is 12.0. The molecule has 0 bridgehead atoms. The Labute approximate surface area is 98.4 Å². The Morgan fingerprint density at radius 3 is 2.94 bits per heavy atom. The summed E-state index contributed by atoms with van der Waals surface area (Å²) >= 11 is 0. The number of pyridine rings is 1. The van der Waals surface area contributed by atoms with Crippen molar-refractivity contribution in [1.82, 2.24) is 14.6 Å². The zero-order valence-electron chi connectivity index (χ0n) is 9.80. The normalized spacial score (nSPS) is 17.1. The average molecular weight is 231 g/mol. The van der Waals surface area contributed by atoms with Crippen LogP contribution in [-0.4, -0.2) is 27.7 Å². The maximum absolute atomic E-state index is 11.7. The van der Waals surface area contributed by atoms with Crippen molar-refractivity contribution in [3.63, 3.8) is 0 Å². The highest BCUT2D eigenvalue weighted by molar-refractivity contribution is 5.85. The van der Waals surface area contributed by atoms with Crippen molar-refractivity contribution in [2.75, 3.05) is 7.11 Å². The smallest absolute Gasteiger partial charge is 0.319 e. The molecule has 1 aliphatic rings. The van der Waals surface area contributed by atoms with Crippen LogP contribution in [0.3, 0.4) is 0 Å². The molecule has 0 spiro atoms. The summed E-state index contributed by atoms with van der Waals surface area (Å²) in [6.07, 6.45) is 3.40. The molecule has 1 saturated carbocycles. The lowest BCUT2D eigenvalue weighted by molar-refractivity contribution is -0.143. The molecule has 1 fully saturated rings. The molecule has 0 N–H and O–H groups in total. The largest absolute Gasteiger partial charge is 0.468 e. The summed E-state index contributed by atoms with van der Waals surface area (Å²) in [5, 5.41) is 4.36. The van der Waals surface area contributed by atoms with Crippen molar-refractivity contribution in [3.05, 3.63) is 29.7 Å². The highest BCUT2D eigenvalue weighted by Gasteiger charge is 2.56. The molecule has 0 aromatic carbocycles. The molecule has 0 unspecified atom stereocenters. The Balaban J connectivity index is 2.10. The van der Waals surface area contributed by atoms with Crippen molar-refractivity contribution < 1.29 is 9.53 Å². The number of carbonyl (C=O) groups excluding carboxylic acids is 1. The van der Waals surface area contributed by atoms with Gasteiger partial charge in [0.2, 0.25) is 0 Å². The Morgan fingerprint density at radius 1 is 1.53 bits per heavy atom. The molecule has 5 nitrogen and oxygen atoms in total. The molecule has 1 aliphatic carbocycles. The van der Waals surface area contributed by atoms with Crippen molar-refractivity contribution >= 4 is 11.6 Å². The third-order valence-electron chi connectivity index (χ3n) is 3.25. The first-order chi connectivity index (χ1) is 8.15. The number of ether oxygens (including phenoxy) is 1. The summed E-state index contributed by atoms with van der Waals surface area (Å²) in [4.78, 5) is 16.2. The van der Waals surface area contributed by atoms with Gasteiger partial charge >= 0.3 is 5.97 Å².